The van der Waals surface area contributed by atoms with E-state index >= 15 is 0 Å². The summed E-state index contributed by atoms with van der Waals surface area (Å²) in [5, 5.41) is 2.63. The van der Waals surface area contributed by atoms with Crippen LogP contribution in [0.1, 0.15) is 17.0 Å². The van der Waals surface area contributed by atoms with E-state index in [4.69, 9.17) is 0 Å². The minimum absolute atomic E-state index is 0.284. The van der Waals surface area contributed by atoms with E-state index < -0.39 is 21.5 Å². The highest BCUT2D eigenvalue weighted by atomic mass is 32.2. The van der Waals surface area contributed by atoms with Crippen LogP contribution in [0.2, 0.25) is 0 Å². The van der Waals surface area contributed by atoms with Crippen molar-refractivity contribution in [1.82, 2.24) is 9.55 Å². The highest BCUT2D eigenvalue weighted by molar-refractivity contribution is 7.91. The van der Waals surface area contributed by atoms with Gasteiger partial charge in [0.15, 0.2) is 9.84 Å². The van der Waals surface area contributed by atoms with Gasteiger partial charge in [-0.1, -0.05) is 42.5 Å². The number of hydrogen-bond acceptors (Lipinski definition) is 4. The zero-order chi connectivity index (χ0) is 19.3. The number of carbonyl (C=O) groups excluding carboxylic acids is 1. The highest BCUT2D eigenvalue weighted by Gasteiger charge is 2.20. The highest BCUT2D eigenvalue weighted by Crippen LogP contribution is 2.12. The molecule has 0 aliphatic heterocycles. The van der Waals surface area contributed by atoms with Gasteiger partial charge in [0.2, 0.25) is 5.91 Å². The van der Waals surface area contributed by atoms with E-state index in [2.05, 4.69) is 10.3 Å². The number of benzene rings is 2. The number of imidazole rings is 1. The normalized spacial score (nSPS) is 11.3. The van der Waals surface area contributed by atoms with Crippen molar-refractivity contribution < 1.29 is 13.2 Å². The van der Waals surface area contributed by atoms with Crippen LogP contribution in [0.5, 0.6) is 0 Å². The fourth-order valence-electron chi connectivity index (χ4n) is 2.77. The van der Waals surface area contributed by atoms with Gasteiger partial charge in [-0.15, -0.1) is 0 Å². The summed E-state index contributed by atoms with van der Waals surface area (Å²) in [6.45, 7) is 2.43. The third kappa shape index (κ3) is 5.52. The molecule has 140 valence electrons. The van der Waals surface area contributed by atoms with Gasteiger partial charge in [-0.2, -0.15) is 0 Å². The molecule has 0 saturated carbocycles. The van der Waals surface area contributed by atoms with Crippen LogP contribution in [0, 0.1) is 6.92 Å². The fraction of sp³-hybridized carbons (Fsp3) is 0.200. The Bertz CT molecular complexity index is 1030. The molecule has 27 heavy (non-hydrogen) atoms. The molecule has 0 fully saturated rings. The van der Waals surface area contributed by atoms with Crippen LogP contribution in [0.4, 0.5) is 5.69 Å². The SMILES string of the molecule is Cc1cccc(NC(=O)CS(=O)(=O)Cc2nccn2Cc2ccccc2)c1. The number of rotatable bonds is 7. The average molecular weight is 383 g/mol. The van der Waals surface area contributed by atoms with Crippen molar-refractivity contribution >= 4 is 21.4 Å². The first-order chi connectivity index (χ1) is 12.9. The molecular weight excluding hydrogens is 362 g/mol. The molecule has 1 amide bonds. The molecular formula is C20H21N3O3S. The number of nitrogens with one attached hydrogen (secondary N) is 1. The molecule has 7 heteroatoms. The summed E-state index contributed by atoms with van der Waals surface area (Å²) in [6.07, 6.45) is 3.31. The van der Waals surface area contributed by atoms with Crippen LogP contribution in [-0.2, 0) is 26.9 Å². The van der Waals surface area contributed by atoms with Crippen molar-refractivity contribution in [3.63, 3.8) is 0 Å². The van der Waals surface area contributed by atoms with Crippen molar-refractivity contribution in [2.75, 3.05) is 11.1 Å². The largest absolute Gasteiger partial charge is 0.330 e. The van der Waals surface area contributed by atoms with Crippen LogP contribution in [0.25, 0.3) is 0 Å². The minimum atomic E-state index is -3.64. The maximum atomic E-state index is 12.5. The molecule has 0 aliphatic rings. The first-order valence-corrected chi connectivity index (χ1v) is 10.3. The van der Waals surface area contributed by atoms with E-state index in [0.717, 1.165) is 11.1 Å². The Hall–Kier alpha value is -2.93. The minimum Gasteiger partial charge on any atom is -0.330 e. The van der Waals surface area contributed by atoms with Gasteiger partial charge in [0, 0.05) is 24.6 Å². The Morgan fingerprint density at radius 3 is 2.63 bits per heavy atom. The van der Waals surface area contributed by atoms with E-state index in [0.29, 0.717) is 18.1 Å². The predicted octanol–water partition coefficient (Wildman–Crippen LogP) is 2.79. The van der Waals surface area contributed by atoms with Crippen molar-refractivity contribution in [3.8, 4) is 0 Å². The van der Waals surface area contributed by atoms with Gasteiger partial charge in [-0.05, 0) is 30.2 Å². The summed E-state index contributed by atoms with van der Waals surface area (Å²) in [6, 6.07) is 16.9. The molecule has 3 rings (SSSR count). The van der Waals surface area contributed by atoms with Gasteiger partial charge in [0.1, 0.15) is 17.3 Å². The second-order valence-electron chi connectivity index (χ2n) is 6.41. The lowest BCUT2D eigenvalue weighted by Crippen LogP contribution is -2.25. The van der Waals surface area contributed by atoms with Crippen molar-refractivity contribution in [2.45, 2.75) is 19.2 Å². The summed E-state index contributed by atoms with van der Waals surface area (Å²) < 4.78 is 26.7. The Morgan fingerprint density at radius 1 is 1.11 bits per heavy atom. The number of nitrogens with zero attached hydrogens (tertiary/aromatic N) is 2. The lowest BCUT2D eigenvalue weighted by Gasteiger charge is -2.09. The number of sulfone groups is 1. The molecule has 0 saturated heterocycles. The van der Waals surface area contributed by atoms with E-state index in [9.17, 15) is 13.2 Å². The molecule has 0 aliphatic carbocycles. The van der Waals surface area contributed by atoms with Crippen LogP contribution >= 0.6 is 0 Å². The average Bonchev–Trinajstić information content (AvgIpc) is 3.01. The van der Waals surface area contributed by atoms with Crippen LogP contribution in [0.15, 0.2) is 67.0 Å². The molecule has 0 unspecified atom stereocenters. The Morgan fingerprint density at radius 2 is 1.89 bits per heavy atom. The van der Waals surface area contributed by atoms with Gasteiger partial charge in [-0.25, -0.2) is 13.4 Å². The zero-order valence-electron chi connectivity index (χ0n) is 15.0. The van der Waals surface area contributed by atoms with E-state index in [1.54, 1.807) is 35.2 Å². The van der Waals surface area contributed by atoms with Crippen molar-refractivity contribution in [2.24, 2.45) is 0 Å². The standard InChI is InChI=1S/C20H21N3O3S/c1-16-6-5-9-18(12-16)22-20(24)15-27(25,26)14-19-21-10-11-23(19)13-17-7-3-2-4-8-17/h2-12H,13-15H2,1H3,(H,22,24). The number of aryl methyl sites for hydroxylation is 1. The number of amides is 1. The first-order valence-electron chi connectivity index (χ1n) is 8.52. The van der Waals surface area contributed by atoms with E-state index in [-0.39, 0.29) is 5.75 Å². The second kappa shape index (κ2) is 8.18. The quantitative estimate of drug-likeness (QED) is 0.680. The van der Waals surface area contributed by atoms with Gasteiger partial charge in [0.25, 0.3) is 0 Å². The molecule has 0 radical (unpaired) electrons. The van der Waals surface area contributed by atoms with E-state index in [1.165, 1.54) is 0 Å². The molecule has 0 atom stereocenters. The smallest absolute Gasteiger partial charge is 0.239 e. The fourth-order valence-corrected chi connectivity index (χ4v) is 3.98. The van der Waals surface area contributed by atoms with Gasteiger partial charge < -0.3 is 9.88 Å². The Kier molecular flexibility index (Phi) is 5.71. The molecule has 1 heterocycles. The lowest BCUT2D eigenvalue weighted by molar-refractivity contribution is -0.113. The van der Waals surface area contributed by atoms with Gasteiger partial charge in [-0.3, -0.25) is 4.79 Å². The number of anilines is 1. The predicted molar refractivity (Wildman–Crippen MR) is 105 cm³/mol. The van der Waals surface area contributed by atoms with Crippen LogP contribution in [0.3, 0.4) is 0 Å². The van der Waals surface area contributed by atoms with Crippen molar-refractivity contribution in [3.05, 3.63) is 83.9 Å². The molecule has 2 aromatic carbocycles. The monoisotopic (exact) mass is 383 g/mol. The summed E-state index contributed by atoms with van der Waals surface area (Å²) in [7, 11) is -3.64. The number of carbonyl (C=O) groups is 1. The maximum absolute atomic E-state index is 12.5. The first kappa shape index (κ1) is 18.8. The topological polar surface area (TPSA) is 81.1 Å². The van der Waals surface area contributed by atoms with Gasteiger partial charge >= 0.3 is 0 Å². The summed E-state index contributed by atoms with van der Waals surface area (Å²) in [5.41, 5.74) is 2.62. The second-order valence-corrected chi connectivity index (χ2v) is 8.47. The summed E-state index contributed by atoms with van der Waals surface area (Å²) >= 11 is 0. The maximum Gasteiger partial charge on any atom is 0.239 e. The summed E-state index contributed by atoms with van der Waals surface area (Å²) in [4.78, 5) is 16.3. The zero-order valence-corrected chi connectivity index (χ0v) is 15.8. The summed E-state index contributed by atoms with van der Waals surface area (Å²) in [5.74, 6) is -1.00. The molecule has 0 spiro atoms. The molecule has 1 N–H and O–H groups in total. The third-order valence-corrected chi connectivity index (χ3v) is 5.40. The lowest BCUT2D eigenvalue weighted by atomic mass is 10.2. The Balaban J connectivity index is 1.65. The van der Waals surface area contributed by atoms with Crippen molar-refractivity contribution in [1.29, 1.82) is 0 Å². The molecule has 3 aromatic rings. The molecule has 6 nitrogen and oxygen atoms in total. The van der Waals surface area contributed by atoms with Gasteiger partial charge in [0.05, 0.1) is 0 Å². The van der Waals surface area contributed by atoms with Crippen LogP contribution in [-0.4, -0.2) is 29.6 Å². The molecule has 1 aromatic heterocycles. The number of aromatic nitrogens is 2. The number of hydrogen-bond donors (Lipinski definition) is 1. The molecule has 0 bridgehead atoms. The Labute approximate surface area is 158 Å². The third-order valence-electron chi connectivity index (χ3n) is 4.00. The van der Waals surface area contributed by atoms with E-state index in [1.807, 2.05) is 43.3 Å². The van der Waals surface area contributed by atoms with Crippen LogP contribution < -0.4 is 5.32 Å².